The largest absolute Gasteiger partial charge is 0.329 e. The Balaban J connectivity index is 1.55. The van der Waals surface area contributed by atoms with Crippen LogP contribution in [0.1, 0.15) is 47.4 Å². The molecule has 0 bridgehead atoms. The topological polar surface area (TPSA) is 45.6 Å². The Hall–Kier alpha value is -3.90. The van der Waals surface area contributed by atoms with E-state index in [1.165, 1.54) is 12.1 Å². The van der Waals surface area contributed by atoms with Crippen molar-refractivity contribution in [3.63, 3.8) is 0 Å². The standard InChI is InChI=1S/C30H27ClFN3O2/c1-2-3-17-33(30(37)22-8-6-9-23(31)19-22)20-28(36)35-26-11-5-4-10-25(26)34-18-7-12-27(34)29(35)21-13-15-24(32)16-14-21/h4-16,18-19,29H,2-3,17,20H2,1H3. The maximum absolute atomic E-state index is 14.1. The second-order valence-corrected chi connectivity index (χ2v) is 9.54. The molecule has 0 radical (unpaired) electrons. The molecule has 0 aliphatic carbocycles. The monoisotopic (exact) mass is 515 g/mol. The molecule has 0 saturated heterocycles. The average Bonchev–Trinajstić information content (AvgIpc) is 3.40. The summed E-state index contributed by atoms with van der Waals surface area (Å²) in [6.07, 6.45) is 3.61. The third kappa shape index (κ3) is 4.89. The molecule has 1 unspecified atom stereocenters. The van der Waals surface area contributed by atoms with Crippen molar-refractivity contribution in [1.29, 1.82) is 0 Å². The Labute approximate surface area is 220 Å². The molecule has 1 aliphatic rings. The maximum atomic E-state index is 14.1. The molecule has 2 heterocycles. The molecule has 5 nitrogen and oxygen atoms in total. The Kier molecular flexibility index (Phi) is 7.10. The van der Waals surface area contributed by atoms with E-state index in [-0.39, 0.29) is 24.2 Å². The molecule has 37 heavy (non-hydrogen) atoms. The normalized spacial score (nSPS) is 14.1. The highest BCUT2D eigenvalue weighted by atomic mass is 35.5. The summed E-state index contributed by atoms with van der Waals surface area (Å²) in [7, 11) is 0. The van der Waals surface area contributed by atoms with Gasteiger partial charge in [-0.05, 0) is 66.6 Å². The first-order valence-electron chi connectivity index (χ1n) is 12.4. The van der Waals surface area contributed by atoms with Crippen molar-refractivity contribution < 1.29 is 14.0 Å². The molecular formula is C30H27ClFN3O2. The molecule has 4 aromatic rings. The average molecular weight is 516 g/mol. The number of halogens is 2. The highest BCUT2D eigenvalue weighted by Crippen LogP contribution is 2.42. The lowest BCUT2D eigenvalue weighted by Gasteiger charge is -2.39. The van der Waals surface area contributed by atoms with Gasteiger partial charge in [-0.1, -0.05) is 55.3 Å². The Morgan fingerprint density at radius 1 is 0.946 bits per heavy atom. The lowest BCUT2D eigenvalue weighted by Crippen LogP contribution is -2.47. The van der Waals surface area contributed by atoms with Crippen molar-refractivity contribution in [2.75, 3.05) is 18.0 Å². The van der Waals surface area contributed by atoms with Crippen molar-refractivity contribution in [3.05, 3.63) is 119 Å². The fraction of sp³-hybridized carbons (Fsp3) is 0.200. The predicted octanol–water partition coefficient (Wildman–Crippen LogP) is 6.65. The van der Waals surface area contributed by atoms with E-state index in [0.29, 0.717) is 17.1 Å². The fourth-order valence-corrected chi connectivity index (χ4v) is 5.06. The number of carbonyl (C=O) groups excluding carboxylic acids is 2. The van der Waals surface area contributed by atoms with Crippen molar-refractivity contribution in [1.82, 2.24) is 9.47 Å². The zero-order chi connectivity index (χ0) is 25.9. The van der Waals surface area contributed by atoms with Gasteiger partial charge >= 0.3 is 0 Å². The minimum Gasteiger partial charge on any atom is -0.329 e. The van der Waals surface area contributed by atoms with E-state index in [9.17, 15) is 14.0 Å². The van der Waals surface area contributed by atoms with E-state index in [0.717, 1.165) is 35.5 Å². The van der Waals surface area contributed by atoms with Crippen LogP contribution in [0, 0.1) is 5.82 Å². The number of amides is 2. The van der Waals surface area contributed by atoms with Gasteiger partial charge in [-0.15, -0.1) is 0 Å². The summed E-state index contributed by atoms with van der Waals surface area (Å²) in [5, 5.41) is 0.467. The van der Waals surface area contributed by atoms with Crippen molar-refractivity contribution in [3.8, 4) is 5.69 Å². The van der Waals surface area contributed by atoms with Crippen LogP contribution in [-0.2, 0) is 4.79 Å². The number of nitrogens with zero attached hydrogens (tertiary/aromatic N) is 3. The summed E-state index contributed by atoms with van der Waals surface area (Å²) < 4.78 is 15.9. The highest BCUT2D eigenvalue weighted by molar-refractivity contribution is 6.31. The first-order valence-corrected chi connectivity index (χ1v) is 12.7. The molecule has 0 spiro atoms. The van der Waals surface area contributed by atoms with Gasteiger partial charge < -0.3 is 9.47 Å². The van der Waals surface area contributed by atoms with Crippen LogP contribution in [0.4, 0.5) is 10.1 Å². The van der Waals surface area contributed by atoms with Gasteiger partial charge in [-0.25, -0.2) is 4.39 Å². The summed E-state index contributed by atoms with van der Waals surface area (Å²) >= 11 is 6.14. The first kappa shape index (κ1) is 24.8. The highest BCUT2D eigenvalue weighted by Gasteiger charge is 2.37. The van der Waals surface area contributed by atoms with Gasteiger partial charge in [0.05, 0.1) is 17.1 Å². The quantitative estimate of drug-likeness (QED) is 0.276. The summed E-state index contributed by atoms with van der Waals surface area (Å²) in [6.45, 7) is 2.39. The van der Waals surface area contributed by atoms with Crippen molar-refractivity contribution in [2.24, 2.45) is 0 Å². The van der Waals surface area contributed by atoms with Gasteiger partial charge in [0.2, 0.25) is 5.91 Å². The number of hydrogen-bond donors (Lipinski definition) is 0. The SMILES string of the molecule is CCCCN(CC(=O)N1c2ccccc2-n2cccc2C1c1ccc(F)cc1)C(=O)c1cccc(Cl)c1. The van der Waals surface area contributed by atoms with Gasteiger partial charge in [0.25, 0.3) is 5.91 Å². The van der Waals surface area contributed by atoms with Crippen LogP contribution < -0.4 is 4.90 Å². The Morgan fingerprint density at radius 3 is 2.43 bits per heavy atom. The van der Waals surface area contributed by atoms with Gasteiger partial charge in [0, 0.05) is 23.3 Å². The van der Waals surface area contributed by atoms with E-state index in [4.69, 9.17) is 11.6 Å². The second kappa shape index (κ2) is 10.6. The predicted molar refractivity (Wildman–Crippen MR) is 144 cm³/mol. The molecule has 5 rings (SSSR count). The third-order valence-electron chi connectivity index (χ3n) is 6.64. The van der Waals surface area contributed by atoms with Gasteiger partial charge in [0.1, 0.15) is 18.4 Å². The lowest BCUT2D eigenvalue weighted by atomic mass is 9.97. The van der Waals surface area contributed by atoms with Crippen LogP contribution in [0.5, 0.6) is 0 Å². The zero-order valence-electron chi connectivity index (χ0n) is 20.5. The zero-order valence-corrected chi connectivity index (χ0v) is 21.2. The molecule has 1 aromatic heterocycles. The molecular weight excluding hydrogens is 489 g/mol. The smallest absolute Gasteiger partial charge is 0.254 e. The van der Waals surface area contributed by atoms with Crippen molar-refractivity contribution >= 4 is 29.1 Å². The summed E-state index contributed by atoms with van der Waals surface area (Å²) in [6, 6.07) is 24.1. The van der Waals surface area contributed by atoms with Crippen LogP contribution in [0.25, 0.3) is 5.69 Å². The molecule has 188 valence electrons. The molecule has 0 N–H and O–H groups in total. The van der Waals surface area contributed by atoms with Crippen LogP contribution in [0.2, 0.25) is 5.02 Å². The number of para-hydroxylation sites is 2. The lowest BCUT2D eigenvalue weighted by molar-refractivity contribution is -0.119. The molecule has 0 fully saturated rings. The van der Waals surface area contributed by atoms with Crippen LogP contribution >= 0.6 is 11.6 Å². The van der Waals surface area contributed by atoms with Crippen LogP contribution in [0.3, 0.4) is 0 Å². The Morgan fingerprint density at radius 2 is 1.70 bits per heavy atom. The molecule has 0 saturated carbocycles. The Bertz CT molecular complexity index is 1430. The van der Waals surface area contributed by atoms with E-state index in [2.05, 4.69) is 4.57 Å². The number of fused-ring (bicyclic) bond motifs is 3. The minimum atomic E-state index is -0.479. The number of anilines is 1. The fourth-order valence-electron chi connectivity index (χ4n) is 4.87. The molecule has 1 atom stereocenters. The number of rotatable bonds is 7. The number of benzene rings is 3. The van der Waals surface area contributed by atoms with E-state index >= 15 is 0 Å². The van der Waals surface area contributed by atoms with Crippen LogP contribution in [-0.4, -0.2) is 34.4 Å². The van der Waals surface area contributed by atoms with E-state index < -0.39 is 6.04 Å². The van der Waals surface area contributed by atoms with Gasteiger partial charge in [0.15, 0.2) is 0 Å². The first-order chi connectivity index (χ1) is 18.0. The second-order valence-electron chi connectivity index (χ2n) is 9.10. The van der Waals surface area contributed by atoms with E-state index in [1.807, 2.05) is 49.5 Å². The number of carbonyl (C=O) groups is 2. The molecule has 2 amide bonds. The van der Waals surface area contributed by atoms with Crippen LogP contribution in [0.15, 0.2) is 91.1 Å². The molecule has 1 aliphatic heterocycles. The number of hydrogen-bond acceptors (Lipinski definition) is 2. The molecule has 7 heteroatoms. The van der Waals surface area contributed by atoms with Crippen molar-refractivity contribution in [2.45, 2.75) is 25.8 Å². The number of aromatic nitrogens is 1. The summed E-state index contributed by atoms with van der Waals surface area (Å²) in [5.74, 6) is -0.803. The van der Waals surface area contributed by atoms with Gasteiger partial charge in [-0.2, -0.15) is 0 Å². The van der Waals surface area contributed by atoms with Gasteiger partial charge in [-0.3, -0.25) is 14.5 Å². The van der Waals surface area contributed by atoms with E-state index in [1.54, 1.807) is 46.2 Å². The number of unbranched alkanes of at least 4 members (excludes halogenated alkanes) is 1. The summed E-state index contributed by atoms with van der Waals surface area (Å²) in [5.41, 5.74) is 3.72. The molecule has 3 aromatic carbocycles. The summed E-state index contributed by atoms with van der Waals surface area (Å²) in [4.78, 5) is 30.9. The maximum Gasteiger partial charge on any atom is 0.254 e. The minimum absolute atomic E-state index is 0.0991. The third-order valence-corrected chi connectivity index (χ3v) is 6.88.